The number of piperidine rings is 1. The van der Waals surface area contributed by atoms with Crippen molar-refractivity contribution in [2.75, 3.05) is 23.3 Å². The Labute approximate surface area is 190 Å². The standard InChI is InChI=1S/C22H27ClN6O3/c1-14(30)8-11-29-18-12-15(6-7-17(18)27(2)20(31)21(29)32)25-19-16(23)13-24-22(26-19)28-9-4-3-5-10-28/h6-7,12-14,30H,3-5,8-11H2,1-2H3,(H,24,25,26)/t14-/m0/s1. The SMILES string of the molecule is C[C@H](O)CCn1c(=O)c(=O)n(C)c2ccc(Nc3nc(N4CCCCC4)ncc3Cl)cc21. The van der Waals surface area contributed by atoms with Gasteiger partial charge in [-0.3, -0.25) is 9.59 Å². The maximum Gasteiger partial charge on any atom is 0.316 e. The Balaban J connectivity index is 1.72. The van der Waals surface area contributed by atoms with E-state index in [0.717, 1.165) is 25.9 Å². The highest BCUT2D eigenvalue weighted by molar-refractivity contribution is 6.32. The first-order valence-corrected chi connectivity index (χ1v) is 11.2. The van der Waals surface area contributed by atoms with E-state index in [-0.39, 0.29) is 6.54 Å². The average molecular weight is 459 g/mol. The lowest BCUT2D eigenvalue weighted by molar-refractivity contribution is 0.178. The van der Waals surface area contributed by atoms with Crippen molar-refractivity contribution in [3.05, 3.63) is 50.1 Å². The minimum Gasteiger partial charge on any atom is -0.393 e. The molecule has 0 amide bonds. The molecular weight excluding hydrogens is 432 g/mol. The number of fused-ring (bicyclic) bond motifs is 1. The quantitative estimate of drug-likeness (QED) is 0.547. The number of aromatic nitrogens is 4. The lowest BCUT2D eigenvalue weighted by atomic mass is 10.1. The molecule has 0 aliphatic carbocycles. The van der Waals surface area contributed by atoms with Gasteiger partial charge in [0, 0.05) is 32.4 Å². The van der Waals surface area contributed by atoms with Gasteiger partial charge in [0.15, 0.2) is 5.82 Å². The maximum atomic E-state index is 12.6. The Morgan fingerprint density at radius 1 is 1.16 bits per heavy atom. The third-order valence-corrected chi connectivity index (χ3v) is 6.04. The molecule has 2 N–H and O–H groups in total. The van der Waals surface area contributed by atoms with Crippen molar-refractivity contribution >= 4 is 40.1 Å². The molecule has 3 aromatic rings. The van der Waals surface area contributed by atoms with Crippen LogP contribution >= 0.6 is 11.6 Å². The molecule has 9 nitrogen and oxygen atoms in total. The van der Waals surface area contributed by atoms with Crippen LogP contribution in [0.3, 0.4) is 0 Å². The summed E-state index contributed by atoms with van der Waals surface area (Å²) in [6.07, 6.45) is 4.80. The van der Waals surface area contributed by atoms with Gasteiger partial charge in [-0.1, -0.05) is 11.6 Å². The molecular formula is C22H27ClN6O3. The molecule has 0 radical (unpaired) electrons. The molecule has 1 fully saturated rings. The maximum absolute atomic E-state index is 12.6. The van der Waals surface area contributed by atoms with Gasteiger partial charge in [0.1, 0.15) is 5.02 Å². The third kappa shape index (κ3) is 4.49. The monoisotopic (exact) mass is 458 g/mol. The predicted molar refractivity (Wildman–Crippen MR) is 126 cm³/mol. The number of hydrogen-bond acceptors (Lipinski definition) is 7. The fraction of sp³-hybridized carbons (Fsp3) is 0.455. The van der Waals surface area contributed by atoms with Crippen molar-refractivity contribution in [2.24, 2.45) is 7.05 Å². The highest BCUT2D eigenvalue weighted by Crippen LogP contribution is 2.27. The van der Waals surface area contributed by atoms with Crippen molar-refractivity contribution in [2.45, 2.75) is 45.3 Å². The molecule has 0 saturated carbocycles. The molecule has 0 bridgehead atoms. The molecule has 1 aromatic carbocycles. The van der Waals surface area contributed by atoms with E-state index >= 15 is 0 Å². The molecule has 10 heteroatoms. The first-order chi connectivity index (χ1) is 15.3. The van der Waals surface area contributed by atoms with Gasteiger partial charge in [-0.25, -0.2) is 4.98 Å². The van der Waals surface area contributed by atoms with E-state index in [1.54, 1.807) is 32.3 Å². The van der Waals surface area contributed by atoms with Gasteiger partial charge in [-0.05, 0) is 50.8 Å². The van der Waals surface area contributed by atoms with Crippen molar-refractivity contribution in [1.82, 2.24) is 19.1 Å². The first-order valence-electron chi connectivity index (χ1n) is 10.8. The van der Waals surface area contributed by atoms with Crippen molar-refractivity contribution in [3.8, 4) is 0 Å². The predicted octanol–water partition coefficient (Wildman–Crippen LogP) is 2.65. The van der Waals surface area contributed by atoms with Crippen LogP contribution in [0, 0.1) is 0 Å². The molecule has 32 heavy (non-hydrogen) atoms. The normalized spacial score (nSPS) is 15.2. The topological polar surface area (TPSA) is 105 Å². The summed E-state index contributed by atoms with van der Waals surface area (Å²) in [5, 5.41) is 13.3. The summed E-state index contributed by atoms with van der Waals surface area (Å²) in [6, 6.07) is 5.37. The van der Waals surface area contributed by atoms with Crippen LogP contribution in [0.25, 0.3) is 11.0 Å². The van der Waals surface area contributed by atoms with E-state index in [1.807, 2.05) is 6.07 Å². The van der Waals surface area contributed by atoms with E-state index in [4.69, 9.17) is 11.6 Å². The van der Waals surface area contributed by atoms with Crippen molar-refractivity contribution in [1.29, 1.82) is 0 Å². The summed E-state index contributed by atoms with van der Waals surface area (Å²) in [4.78, 5) is 36.2. The summed E-state index contributed by atoms with van der Waals surface area (Å²) in [6.45, 7) is 3.72. The Hall–Kier alpha value is -2.91. The molecule has 0 spiro atoms. The number of aliphatic hydroxyl groups excluding tert-OH is 1. The van der Waals surface area contributed by atoms with E-state index in [2.05, 4.69) is 20.2 Å². The van der Waals surface area contributed by atoms with E-state index < -0.39 is 17.2 Å². The van der Waals surface area contributed by atoms with Crippen LogP contribution in [0.4, 0.5) is 17.5 Å². The zero-order valence-corrected chi connectivity index (χ0v) is 19.0. The van der Waals surface area contributed by atoms with Gasteiger partial charge >= 0.3 is 11.1 Å². The molecule has 2 aromatic heterocycles. The molecule has 4 rings (SSSR count). The number of hydrogen-bond donors (Lipinski definition) is 2. The van der Waals surface area contributed by atoms with Gasteiger partial charge in [0.05, 0.1) is 23.3 Å². The van der Waals surface area contributed by atoms with Gasteiger partial charge in [-0.2, -0.15) is 4.98 Å². The minimum absolute atomic E-state index is 0.236. The van der Waals surface area contributed by atoms with E-state index in [9.17, 15) is 14.7 Å². The van der Waals surface area contributed by atoms with Crippen molar-refractivity contribution in [3.63, 3.8) is 0 Å². The fourth-order valence-electron chi connectivity index (χ4n) is 3.95. The van der Waals surface area contributed by atoms with Crippen LogP contribution in [0.1, 0.15) is 32.6 Å². The van der Waals surface area contributed by atoms with Gasteiger partial charge < -0.3 is 24.5 Å². The Bertz CT molecular complexity index is 1250. The lowest BCUT2D eigenvalue weighted by Crippen LogP contribution is -2.40. The molecule has 1 aliphatic heterocycles. The van der Waals surface area contributed by atoms with Crippen LogP contribution in [0.15, 0.2) is 34.0 Å². The van der Waals surface area contributed by atoms with E-state index in [1.165, 1.54) is 15.6 Å². The highest BCUT2D eigenvalue weighted by Gasteiger charge is 2.16. The second-order valence-corrected chi connectivity index (χ2v) is 8.61. The molecule has 0 unspecified atom stereocenters. The Morgan fingerprint density at radius 2 is 1.91 bits per heavy atom. The average Bonchev–Trinajstić information content (AvgIpc) is 2.79. The second kappa shape index (κ2) is 9.30. The number of nitrogens with one attached hydrogen (secondary N) is 1. The molecule has 1 atom stereocenters. The van der Waals surface area contributed by atoms with Crippen LogP contribution in [-0.2, 0) is 13.6 Å². The summed E-state index contributed by atoms with van der Waals surface area (Å²) < 4.78 is 2.75. The minimum atomic E-state index is -0.620. The summed E-state index contributed by atoms with van der Waals surface area (Å²) >= 11 is 6.36. The van der Waals surface area contributed by atoms with Gasteiger partial charge in [-0.15, -0.1) is 0 Å². The largest absolute Gasteiger partial charge is 0.393 e. The van der Waals surface area contributed by atoms with Crippen LogP contribution in [0.5, 0.6) is 0 Å². The Morgan fingerprint density at radius 3 is 2.62 bits per heavy atom. The number of rotatable bonds is 6. The summed E-state index contributed by atoms with van der Waals surface area (Å²) in [5.41, 5.74) is 0.656. The molecule has 170 valence electrons. The highest BCUT2D eigenvalue weighted by atomic mass is 35.5. The van der Waals surface area contributed by atoms with Gasteiger partial charge in [0.25, 0.3) is 0 Å². The Kier molecular flexibility index (Phi) is 6.48. The molecule has 3 heterocycles. The summed E-state index contributed by atoms with van der Waals surface area (Å²) in [5.74, 6) is 1.11. The number of nitrogens with zero attached hydrogens (tertiary/aromatic N) is 5. The van der Waals surface area contributed by atoms with Crippen LogP contribution in [0.2, 0.25) is 5.02 Å². The van der Waals surface area contributed by atoms with Crippen LogP contribution < -0.4 is 21.3 Å². The van der Waals surface area contributed by atoms with Crippen molar-refractivity contribution < 1.29 is 5.11 Å². The zero-order valence-electron chi connectivity index (χ0n) is 18.2. The molecule has 1 saturated heterocycles. The number of aryl methyl sites for hydroxylation is 2. The number of halogens is 1. The number of benzene rings is 1. The summed E-state index contributed by atoms with van der Waals surface area (Å²) in [7, 11) is 1.57. The zero-order chi connectivity index (χ0) is 22.8. The smallest absolute Gasteiger partial charge is 0.316 e. The number of anilines is 3. The van der Waals surface area contributed by atoms with Crippen LogP contribution in [-0.4, -0.2) is 43.4 Å². The molecule has 1 aliphatic rings. The third-order valence-electron chi connectivity index (χ3n) is 5.76. The first kappa shape index (κ1) is 22.3. The van der Waals surface area contributed by atoms with E-state index in [0.29, 0.717) is 39.9 Å². The number of aliphatic hydroxyl groups is 1. The fourth-order valence-corrected chi connectivity index (χ4v) is 4.08. The van der Waals surface area contributed by atoms with Gasteiger partial charge in [0.2, 0.25) is 5.95 Å². The second-order valence-electron chi connectivity index (χ2n) is 8.20. The lowest BCUT2D eigenvalue weighted by Gasteiger charge is -2.27.